The van der Waals surface area contributed by atoms with Crippen molar-refractivity contribution in [3.63, 3.8) is 0 Å². The van der Waals surface area contributed by atoms with Crippen molar-refractivity contribution in [2.24, 2.45) is 0 Å². The summed E-state index contributed by atoms with van der Waals surface area (Å²) >= 11 is 0. The molecule has 26 heavy (non-hydrogen) atoms. The summed E-state index contributed by atoms with van der Waals surface area (Å²) in [6, 6.07) is 13.7. The third-order valence-corrected chi connectivity index (χ3v) is 4.15. The summed E-state index contributed by atoms with van der Waals surface area (Å²) in [6.07, 6.45) is 3.19. The van der Waals surface area contributed by atoms with Crippen molar-refractivity contribution < 1.29 is 4.74 Å². The van der Waals surface area contributed by atoms with E-state index in [1.807, 2.05) is 54.0 Å². The molecular weight excluding hydrogens is 328 g/mol. The Bertz CT molecular complexity index is 1090. The van der Waals surface area contributed by atoms with Gasteiger partial charge in [0, 0.05) is 0 Å². The molecule has 0 radical (unpaired) electrons. The van der Waals surface area contributed by atoms with E-state index in [2.05, 4.69) is 20.3 Å². The number of para-hydroxylation sites is 2. The Balaban J connectivity index is 1.79. The first kappa shape index (κ1) is 15.9. The second-order valence-corrected chi connectivity index (χ2v) is 5.89. The van der Waals surface area contributed by atoms with E-state index in [4.69, 9.17) is 10.5 Å². The lowest BCUT2D eigenvalue weighted by Crippen LogP contribution is -2.07. The summed E-state index contributed by atoms with van der Waals surface area (Å²) in [7, 11) is 1.63. The third kappa shape index (κ3) is 2.69. The van der Waals surface area contributed by atoms with Crippen LogP contribution >= 0.6 is 0 Å². The average molecular weight is 346 g/mol. The summed E-state index contributed by atoms with van der Waals surface area (Å²) in [4.78, 5) is 13.0. The predicted molar refractivity (Wildman–Crippen MR) is 102 cm³/mol. The molecule has 7 heteroatoms. The zero-order chi connectivity index (χ0) is 18.1. The first-order valence-corrected chi connectivity index (χ1v) is 8.12. The van der Waals surface area contributed by atoms with Crippen molar-refractivity contribution in [2.45, 2.75) is 6.92 Å². The largest absolute Gasteiger partial charge is 0.495 e. The number of rotatable bonds is 4. The van der Waals surface area contributed by atoms with Crippen LogP contribution in [0.2, 0.25) is 0 Å². The maximum atomic E-state index is 6.37. The SMILES string of the molecule is COc1ccc(C)cc1Nc1ncnc(-n2cnc3ccccc32)c1N. The lowest BCUT2D eigenvalue weighted by atomic mass is 10.2. The van der Waals surface area contributed by atoms with Crippen LogP contribution in [0.5, 0.6) is 5.75 Å². The maximum Gasteiger partial charge on any atom is 0.167 e. The average Bonchev–Trinajstić information content (AvgIpc) is 3.08. The van der Waals surface area contributed by atoms with Gasteiger partial charge in [0.25, 0.3) is 0 Å². The fourth-order valence-corrected chi connectivity index (χ4v) is 2.85. The number of ether oxygens (including phenoxy) is 1. The number of benzene rings is 2. The van der Waals surface area contributed by atoms with E-state index in [1.165, 1.54) is 6.33 Å². The van der Waals surface area contributed by atoms with Crippen molar-refractivity contribution in [2.75, 3.05) is 18.2 Å². The number of nitrogens with zero attached hydrogens (tertiary/aromatic N) is 4. The molecule has 0 amide bonds. The molecule has 0 unspecified atom stereocenters. The van der Waals surface area contributed by atoms with Crippen LogP contribution in [0, 0.1) is 6.92 Å². The molecule has 7 nitrogen and oxygen atoms in total. The van der Waals surface area contributed by atoms with Crippen LogP contribution in [0.4, 0.5) is 17.2 Å². The number of methoxy groups -OCH3 is 1. The van der Waals surface area contributed by atoms with Crippen LogP contribution in [-0.2, 0) is 0 Å². The van der Waals surface area contributed by atoms with E-state index in [0.29, 0.717) is 23.1 Å². The Labute approximate surface area is 150 Å². The highest BCUT2D eigenvalue weighted by atomic mass is 16.5. The molecule has 0 bridgehead atoms. The van der Waals surface area contributed by atoms with Gasteiger partial charge in [-0.2, -0.15) is 0 Å². The fraction of sp³-hybridized carbons (Fsp3) is 0.105. The smallest absolute Gasteiger partial charge is 0.167 e. The molecule has 130 valence electrons. The lowest BCUT2D eigenvalue weighted by molar-refractivity contribution is 0.416. The van der Waals surface area contributed by atoms with Gasteiger partial charge in [0.15, 0.2) is 11.6 Å². The Hall–Kier alpha value is -3.61. The van der Waals surface area contributed by atoms with Gasteiger partial charge >= 0.3 is 0 Å². The molecule has 0 aliphatic heterocycles. The van der Waals surface area contributed by atoms with Crippen LogP contribution < -0.4 is 15.8 Å². The molecule has 2 aromatic carbocycles. The normalized spacial score (nSPS) is 10.8. The summed E-state index contributed by atoms with van der Waals surface area (Å²) in [5, 5.41) is 3.25. The highest BCUT2D eigenvalue weighted by Gasteiger charge is 2.14. The zero-order valence-corrected chi connectivity index (χ0v) is 14.5. The highest BCUT2D eigenvalue weighted by molar-refractivity contribution is 5.81. The van der Waals surface area contributed by atoms with Gasteiger partial charge in [0.2, 0.25) is 0 Å². The molecule has 0 aliphatic rings. The molecule has 0 atom stereocenters. The monoisotopic (exact) mass is 346 g/mol. The van der Waals surface area contributed by atoms with Crippen LogP contribution in [0.25, 0.3) is 16.9 Å². The topological polar surface area (TPSA) is 90.9 Å². The first-order valence-electron chi connectivity index (χ1n) is 8.12. The Morgan fingerprint density at radius 3 is 2.77 bits per heavy atom. The van der Waals surface area contributed by atoms with Gasteiger partial charge in [0.1, 0.15) is 24.1 Å². The summed E-state index contributed by atoms with van der Waals surface area (Å²) < 4.78 is 7.26. The minimum absolute atomic E-state index is 0.430. The molecule has 0 saturated heterocycles. The molecule has 0 aliphatic carbocycles. The Morgan fingerprint density at radius 2 is 1.92 bits per heavy atom. The van der Waals surface area contributed by atoms with Gasteiger partial charge < -0.3 is 15.8 Å². The van der Waals surface area contributed by atoms with E-state index >= 15 is 0 Å². The molecule has 2 heterocycles. The maximum absolute atomic E-state index is 6.37. The van der Waals surface area contributed by atoms with Gasteiger partial charge in [-0.1, -0.05) is 18.2 Å². The predicted octanol–water partition coefficient (Wildman–Crippen LogP) is 3.46. The number of nitrogens with one attached hydrogen (secondary N) is 1. The third-order valence-electron chi connectivity index (χ3n) is 4.15. The second-order valence-electron chi connectivity index (χ2n) is 5.89. The van der Waals surface area contributed by atoms with E-state index in [1.54, 1.807) is 13.4 Å². The van der Waals surface area contributed by atoms with Gasteiger partial charge in [-0.05, 0) is 36.8 Å². The van der Waals surface area contributed by atoms with Crippen molar-refractivity contribution in [1.29, 1.82) is 0 Å². The number of aryl methyl sites for hydroxylation is 1. The number of nitrogens with two attached hydrogens (primary N) is 1. The van der Waals surface area contributed by atoms with E-state index < -0.39 is 0 Å². The molecule has 0 spiro atoms. The number of hydrogen-bond acceptors (Lipinski definition) is 6. The highest BCUT2D eigenvalue weighted by Crippen LogP contribution is 2.32. The van der Waals surface area contributed by atoms with Crippen LogP contribution in [-0.4, -0.2) is 26.6 Å². The van der Waals surface area contributed by atoms with Crippen molar-refractivity contribution in [1.82, 2.24) is 19.5 Å². The van der Waals surface area contributed by atoms with Crippen molar-refractivity contribution in [3.8, 4) is 11.6 Å². The van der Waals surface area contributed by atoms with Crippen LogP contribution in [0.3, 0.4) is 0 Å². The van der Waals surface area contributed by atoms with Crippen LogP contribution in [0.15, 0.2) is 55.1 Å². The second kappa shape index (κ2) is 6.36. The van der Waals surface area contributed by atoms with Gasteiger partial charge in [-0.3, -0.25) is 4.57 Å². The standard InChI is InChI=1S/C19H18N6O/c1-12-7-8-16(26-2)14(9-12)24-18-17(20)19(22-10-21-18)25-11-23-13-5-3-4-6-15(13)25/h3-11H,20H2,1-2H3,(H,21,22,24). The quantitative estimate of drug-likeness (QED) is 0.588. The lowest BCUT2D eigenvalue weighted by Gasteiger charge is -2.14. The van der Waals surface area contributed by atoms with Crippen molar-refractivity contribution in [3.05, 3.63) is 60.7 Å². The summed E-state index contributed by atoms with van der Waals surface area (Å²) in [6.45, 7) is 2.01. The van der Waals surface area contributed by atoms with Gasteiger partial charge in [-0.15, -0.1) is 0 Å². The number of nitrogen functional groups attached to an aromatic ring is 1. The van der Waals surface area contributed by atoms with E-state index in [-0.39, 0.29) is 0 Å². The summed E-state index contributed by atoms with van der Waals surface area (Å²) in [5.41, 5.74) is 10.5. The van der Waals surface area contributed by atoms with E-state index in [0.717, 1.165) is 22.3 Å². The van der Waals surface area contributed by atoms with E-state index in [9.17, 15) is 0 Å². The fourth-order valence-electron chi connectivity index (χ4n) is 2.85. The molecule has 2 aromatic heterocycles. The van der Waals surface area contributed by atoms with Crippen molar-refractivity contribution >= 4 is 28.2 Å². The number of imidazole rings is 1. The zero-order valence-electron chi connectivity index (χ0n) is 14.5. The Kier molecular flexibility index (Phi) is 3.89. The number of fused-ring (bicyclic) bond motifs is 1. The van der Waals surface area contributed by atoms with Crippen LogP contribution in [0.1, 0.15) is 5.56 Å². The number of anilines is 3. The molecule has 0 fully saturated rings. The van der Waals surface area contributed by atoms with Gasteiger partial charge in [-0.25, -0.2) is 15.0 Å². The number of aromatic nitrogens is 4. The number of hydrogen-bond donors (Lipinski definition) is 2. The van der Waals surface area contributed by atoms with Gasteiger partial charge in [0.05, 0.1) is 23.8 Å². The molecule has 3 N–H and O–H groups in total. The first-order chi connectivity index (χ1) is 12.7. The Morgan fingerprint density at radius 1 is 1.08 bits per heavy atom. The minimum Gasteiger partial charge on any atom is -0.495 e. The minimum atomic E-state index is 0.430. The molecule has 4 aromatic rings. The molecule has 4 rings (SSSR count). The molecular formula is C19H18N6O. The molecule has 0 saturated carbocycles. The summed E-state index contributed by atoms with van der Waals surface area (Å²) in [5.74, 6) is 1.79.